The van der Waals surface area contributed by atoms with E-state index in [1.165, 1.54) is 0 Å². The second kappa shape index (κ2) is 8.59. The zero-order valence-corrected chi connectivity index (χ0v) is 18.4. The maximum atomic E-state index is 12.5. The van der Waals surface area contributed by atoms with E-state index in [0.717, 1.165) is 27.8 Å². The van der Waals surface area contributed by atoms with Crippen LogP contribution in [-0.2, 0) is 9.47 Å². The van der Waals surface area contributed by atoms with Gasteiger partial charge in [-0.05, 0) is 69.2 Å². The van der Waals surface area contributed by atoms with Gasteiger partial charge < -0.3 is 24.1 Å². The zero-order valence-electron chi connectivity index (χ0n) is 18.4. The van der Waals surface area contributed by atoms with Gasteiger partial charge in [0.15, 0.2) is 0 Å². The summed E-state index contributed by atoms with van der Waals surface area (Å²) in [6.07, 6.45) is 4.94. The van der Waals surface area contributed by atoms with Gasteiger partial charge in [0.25, 0.3) is 0 Å². The van der Waals surface area contributed by atoms with Crippen molar-refractivity contribution >= 4 is 17.0 Å². The third-order valence-electron chi connectivity index (χ3n) is 5.02. The fraction of sp³-hybridized carbons (Fsp3) is 0.417. The predicted molar refractivity (Wildman–Crippen MR) is 119 cm³/mol. The number of rotatable bonds is 4. The summed E-state index contributed by atoms with van der Waals surface area (Å²) in [7, 11) is 0. The van der Waals surface area contributed by atoms with E-state index in [2.05, 4.69) is 16.0 Å². The van der Waals surface area contributed by atoms with E-state index in [1.54, 1.807) is 11.1 Å². The summed E-state index contributed by atoms with van der Waals surface area (Å²) in [4.78, 5) is 21.8. The minimum atomic E-state index is -0.533. The zero-order chi connectivity index (χ0) is 22.0. The molecule has 0 radical (unpaired) electrons. The van der Waals surface area contributed by atoms with Crippen molar-refractivity contribution in [2.24, 2.45) is 0 Å². The van der Waals surface area contributed by atoms with Gasteiger partial charge in [-0.2, -0.15) is 0 Å². The molecule has 3 heterocycles. The third-order valence-corrected chi connectivity index (χ3v) is 5.02. The number of aromatic nitrogens is 2. The highest BCUT2D eigenvalue weighted by atomic mass is 16.6. The first-order valence-corrected chi connectivity index (χ1v) is 10.6. The number of carbonyl (C=O) groups is 1. The molecule has 1 N–H and O–H groups in total. The van der Waals surface area contributed by atoms with E-state index in [-0.39, 0.29) is 18.3 Å². The van der Waals surface area contributed by atoms with Crippen LogP contribution in [0.5, 0.6) is 5.75 Å². The van der Waals surface area contributed by atoms with E-state index in [0.29, 0.717) is 19.7 Å². The van der Waals surface area contributed by atoms with Gasteiger partial charge in [0.05, 0.1) is 24.7 Å². The molecular formula is C24H29N3O4. The molecule has 1 aromatic carbocycles. The van der Waals surface area contributed by atoms with Crippen LogP contribution < -0.4 is 4.74 Å². The van der Waals surface area contributed by atoms with Gasteiger partial charge in [-0.15, -0.1) is 0 Å². The number of hydrogen-bond acceptors (Lipinski definition) is 5. The first-order chi connectivity index (χ1) is 14.8. The van der Waals surface area contributed by atoms with Crippen molar-refractivity contribution in [3.8, 4) is 16.9 Å². The van der Waals surface area contributed by atoms with E-state index >= 15 is 0 Å². The molecule has 1 aliphatic rings. The number of ether oxygens (including phenoxy) is 3. The van der Waals surface area contributed by atoms with Crippen LogP contribution >= 0.6 is 0 Å². The van der Waals surface area contributed by atoms with Crippen molar-refractivity contribution < 1.29 is 19.0 Å². The highest BCUT2D eigenvalue weighted by Crippen LogP contribution is 2.32. The van der Waals surface area contributed by atoms with Crippen molar-refractivity contribution in [3.63, 3.8) is 0 Å². The Labute approximate surface area is 182 Å². The van der Waals surface area contributed by atoms with Gasteiger partial charge in [-0.3, -0.25) is 4.98 Å². The standard InChI is InChI=1S/C24H29N3O4/c1-16-13-27(23(28)31-24(2,3)4)14-19(30-16)15-29-22-11-18(17-7-9-25-12-17)10-21-20(22)6-5-8-26-21/h5-12,16,19,25H,13-15H2,1-4H3/t16-,19+/m1/s1. The fourth-order valence-electron chi connectivity index (χ4n) is 3.73. The van der Waals surface area contributed by atoms with Crippen LogP contribution in [0.25, 0.3) is 22.0 Å². The molecule has 1 amide bonds. The normalized spacial score (nSPS) is 19.4. The number of pyridine rings is 1. The monoisotopic (exact) mass is 423 g/mol. The number of fused-ring (bicyclic) bond motifs is 1. The van der Waals surface area contributed by atoms with Gasteiger partial charge >= 0.3 is 6.09 Å². The highest BCUT2D eigenvalue weighted by molar-refractivity contribution is 5.89. The number of nitrogens with zero attached hydrogens (tertiary/aromatic N) is 2. The summed E-state index contributed by atoms with van der Waals surface area (Å²) in [6.45, 7) is 8.80. The molecule has 1 aliphatic heterocycles. The molecular weight excluding hydrogens is 394 g/mol. The molecule has 0 spiro atoms. The number of aromatic amines is 1. The van der Waals surface area contributed by atoms with Crippen molar-refractivity contribution in [1.82, 2.24) is 14.9 Å². The van der Waals surface area contributed by atoms with Gasteiger partial charge in [0.1, 0.15) is 24.1 Å². The molecule has 7 nitrogen and oxygen atoms in total. The Morgan fingerprint density at radius 1 is 1.26 bits per heavy atom. The molecule has 164 valence electrons. The van der Waals surface area contributed by atoms with Crippen molar-refractivity contribution in [2.45, 2.75) is 45.5 Å². The van der Waals surface area contributed by atoms with Crippen LogP contribution in [0.15, 0.2) is 48.9 Å². The maximum absolute atomic E-state index is 12.5. The quantitative estimate of drug-likeness (QED) is 0.662. The Kier molecular flexibility index (Phi) is 5.87. The van der Waals surface area contributed by atoms with E-state index in [4.69, 9.17) is 14.2 Å². The summed E-state index contributed by atoms with van der Waals surface area (Å²) in [5.74, 6) is 0.743. The minimum Gasteiger partial charge on any atom is -0.490 e. The van der Waals surface area contributed by atoms with Gasteiger partial charge in [-0.25, -0.2) is 4.79 Å². The Morgan fingerprint density at radius 2 is 2.10 bits per heavy atom. The molecule has 7 heteroatoms. The lowest BCUT2D eigenvalue weighted by atomic mass is 10.1. The lowest BCUT2D eigenvalue weighted by molar-refractivity contribution is -0.0922. The number of carbonyl (C=O) groups excluding carboxylic acids is 1. The molecule has 0 aliphatic carbocycles. The Bertz CT molecular complexity index is 1040. The van der Waals surface area contributed by atoms with Gasteiger partial charge in [0, 0.05) is 24.0 Å². The molecule has 3 aromatic rings. The molecule has 2 aromatic heterocycles. The maximum Gasteiger partial charge on any atom is 0.410 e. The summed E-state index contributed by atoms with van der Waals surface area (Å²) in [6, 6.07) is 9.98. The van der Waals surface area contributed by atoms with Crippen LogP contribution in [-0.4, -0.2) is 58.5 Å². The third kappa shape index (κ3) is 5.17. The average molecular weight is 424 g/mol. The molecule has 31 heavy (non-hydrogen) atoms. The Hall–Kier alpha value is -3.06. The molecule has 0 unspecified atom stereocenters. The highest BCUT2D eigenvalue weighted by Gasteiger charge is 2.31. The van der Waals surface area contributed by atoms with Crippen LogP contribution in [0.4, 0.5) is 4.79 Å². The molecule has 4 rings (SSSR count). The number of benzene rings is 1. The van der Waals surface area contributed by atoms with Crippen LogP contribution in [0.1, 0.15) is 27.7 Å². The molecule has 1 saturated heterocycles. The predicted octanol–water partition coefficient (Wildman–Crippen LogP) is 4.63. The number of hydrogen-bond donors (Lipinski definition) is 1. The molecule has 0 bridgehead atoms. The van der Waals surface area contributed by atoms with E-state index < -0.39 is 5.60 Å². The smallest absolute Gasteiger partial charge is 0.410 e. The first-order valence-electron chi connectivity index (χ1n) is 10.6. The molecule has 0 saturated carbocycles. The number of amides is 1. The second-order valence-electron chi connectivity index (χ2n) is 8.91. The Morgan fingerprint density at radius 3 is 2.84 bits per heavy atom. The summed E-state index contributed by atoms with van der Waals surface area (Å²) >= 11 is 0. The molecule has 2 atom stereocenters. The summed E-state index contributed by atoms with van der Waals surface area (Å²) < 4.78 is 17.8. The fourth-order valence-corrected chi connectivity index (χ4v) is 3.73. The first kappa shape index (κ1) is 21.2. The lowest BCUT2D eigenvalue weighted by Crippen LogP contribution is -2.52. The Balaban J connectivity index is 1.51. The number of morpholine rings is 1. The minimum absolute atomic E-state index is 0.0977. The number of H-pyrrole nitrogens is 1. The number of nitrogens with one attached hydrogen (secondary N) is 1. The van der Waals surface area contributed by atoms with Crippen LogP contribution in [0.3, 0.4) is 0 Å². The van der Waals surface area contributed by atoms with Crippen LogP contribution in [0, 0.1) is 0 Å². The lowest BCUT2D eigenvalue weighted by Gasteiger charge is -2.37. The van der Waals surface area contributed by atoms with E-state index in [9.17, 15) is 4.79 Å². The largest absolute Gasteiger partial charge is 0.490 e. The topological polar surface area (TPSA) is 76.7 Å². The SMILES string of the molecule is C[C@@H]1CN(C(=O)OC(C)(C)C)C[C@@H](COc2cc(-c3cc[nH]c3)cc3ncccc23)O1. The second-order valence-corrected chi connectivity index (χ2v) is 8.91. The van der Waals surface area contributed by atoms with Crippen molar-refractivity contribution in [1.29, 1.82) is 0 Å². The average Bonchev–Trinajstić information content (AvgIpc) is 3.25. The van der Waals surface area contributed by atoms with Crippen LogP contribution in [0.2, 0.25) is 0 Å². The van der Waals surface area contributed by atoms with Crippen molar-refractivity contribution in [3.05, 3.63) is 48.9 Å². The summed E-state index contributed by atoms with van der Waals surface area (Å²) in [5, 5.41) is 0.939. The summed E-state index contributed by atoms with van der Waals surface area (Å²) in [5.41, 5.74) is 2.42. The van der Waals surface area contributed by atoms with Gasteiger partial charge in [0.2, 0.25) is 0 Å². The van der Waals surface area contributed by atoms with E-state index in [1.807, 2.05) is 64.4 Å². The van der Waals surface area contributed by atoms with Gasteiger partial charge in [-0.1, -0.05) is 0 Å². The van der Waals surface area contributed by atoms with Crippen molar-refractivity contribution in [2.75, 3.05) is 19.7 Å². The molecule has 1 fully saturated rings.